The van der Waals surface area contributed by atoms with E-state index in [-0.39, 0.29) is 0 Å². The highest BCUT2D eigenvalue weighted by molar-refractivity contribution is 7.78. The minimum atomic E-state index is -1.71. The van der Waals surface area contributed by atoms with E-state index in [1.807, 2.05) is 0 Å². The third kappa shape index (κ3) is 5.54. The van der Waals surface area contributed by atoms with Crippen molar-refractivity contribution in [2.45, 2.75) is 99.2 Å². The standard InChI is InChI=1S/C16H37N4PSi/c1-12(2)19(13(3)4)21(16(18-17)22(9,10)11)20(14(5)6)15(7)8/h12-15H,1-11H3. The average Bonchev–Trinajstić information content (AvgIpc) is 2.25. The molecule has 0 saturated carbocycles. The lowest BCUT2D eigenvalue weighted by molar-refractivity contribution is 0.00194. The molecule has 0 radical (unpaired) electrons. The number of rotatable bonds is 8. The second-order valence-electron chi connectivity index (χ2n) is 8.10. The quantitative estimate of drug-likeness (QED) is 0.203. The summed E-state index contributed by atoms with van der Waals surface area (Å²) < 4.78 is 5.09. The molecule has 0 aliphatic rings. The normalized spacial score (nSPS) is 13.4. The maximum atomic E-state index is 9.84. The van der Waals surface area contributed by atoms with Crippen LogP contribution in [0.4, 0.5) is 0 Å². The predicted octanol–water partition coefficient (Wildman–Crippen LogP) is 5.04. The SMILES string of the molecule is CC(C)N(C(C)C)P(C(=[N+]=[N-])[Si](C)(C)C)N(C(C)C)C(C)C. The van der Waals surface area contributed by atoms with E-state index in [1.165, 1.54) is 0 Å². The van der Waals surface area contributed by atoms with Gasteiger partial charge in [0.1, 0.15) is 0 Å². The average molecular weight is 345 g/mol. The minimum absolute atomic E-state index is 0.416. The second kappa shape index (κ2) is 8.70. The maximum absolute atomic E-state index is 9.84. The lowest BCUT2D eigenvalue weighted by Gasteiger charge is -2.46. The fourth-order valence-electron chi connectivity index (χ4n) is 2.90. The Morgan fingerprint density at radius 2 is 1.05 bits per heavy atom. The molecule has 0 fully saturated rings. The van der Waals surface area contributed by atoms with E-state index in [1.54, 1.807) is 0 Å². The molecule has 0 aliphatic carbocycles. The van der Waals surface area contributed by atoms with Crippen LogP contribution in [0.1, 0.15) is 55.4 Å². The molecule has 0 aromatic carbocycles. The van der Waals surface area contributed by atoms with Gasteiger partial charge in [-0.1, -0.05) is 19.6 Å². The van der Waals surface area contributed by atoms with Crippen molar-refractivity contribution in [2.24, 2.45) is 0 Å². The van der Waals surface area contributed by atoms with Gasteiger partial charge in [0.25, 0.3) is 5.08 Å². The van der Waals surface area contributed by atoms with Crippen LogP contribution in [-0.2, 0) is 0 Å². The molecular formula is C16H37N4PSi. The molecule has 0 saturated heterocycles. The molecule has 22 heavy (non-hydrogen) atoms. The summed E-state index contributed by atoms with van der Waals surface area (Å²) in [5.74, 6) is 0. The van der Waals surface area contributed by atoms with Crippen LogP contribution in [0, 0.1) is 0 Å². The predicted molar refractivity (Wildman–Crippen MR) is 103 cm³/mol. The molecule has 0 rings (SSSR count). The Bertz CT molecular complexity index is 359. The zero-order chi connectivity index (χ0) is 17.8. The highest BCUT2D eigenvalue weighted by Crippen LogP contribution is 2.52. The van der Waals surface area contributed by atoms with Crippen LogP contribution in [0.5, 0.6) is 0 Å². The van der Waals surface area contributed by atoms with E-state index in [0.717, 1.165) is 5.08 Å². The molecule has 0 atom stereocenters. The topological polar surface area (TPSA) is 42.9 Å². The maximum Gasteiger partial charge on any atom is 0.284 e. The van der Waals surface area contributed by atoms with Gasteiger partial charge in [-0.05, 0) is 55.4 Å². The van der Waals surface area contributed by atoms with Gasteiger partial charge in [0.15, 0.2) is 16.3 Å². The number of nitrogens with zero attached hydrogens (tertiary/aromatic N) is 4. The fourth-order valence-corrected chi connectivity index (χ4v) is 8.79. The van der Waals surface area contributed by atoms with E-state index in [2.05, 4.69) is 89.2 Å². The van der Waals surface area contributed by atoms with Crippen molar-refractivity contribution in [1.82, 2.24) is 9.34 Å². The molecule has 130 valence electrons. The first-order valence-electron chi connectivity index (χ1n) is 8.45. The number of hydrogen-bond acceptors (Lipinski definition) is 2. The van der Waals surface area contributed by atoms with Gasteiger partial charge in [-0.2, -0.15) is 4.79 Å². The minimum Gasteiger partial charge on any atom is -0.362 e. The summed E-state index contributed by atoms with van der Waals surface area (Å²) in [6, 6.07) is 1.66. The van der Waals surface area contributed by atoms with Crippen molar-refractivity contribution in [3.8, 4) is 0 Å². The summed E-state index contributed by atoms with van der Waals surface area (Å²) in [6.45, 7) is 24.8. The molecule has 0 aromatic rings. The van der Waals surface area contributed by atoms with Crippen molar-refractivity contribution < 1.29 is 4.79 Å². The Hall–Kier alpha value is -0.0531. The first-order chi connectivity index (χ1) is 9.86. The van der Waals surface area contributed by atoms with Crippen LogP contribution in [0.15, 0.2) is 0 Å². The zero-order valence-electron chi connectivity index (χ0n) is 16.5. The molecule has 6 heteroatoms. The molecule has 0 unspecified atom stereocenters. The van der Waals surface area contributed by atoms with Crippen LogP contribution in [0.3, 0.4) is 0 Å². The summed E-state index contributed by atoms with van der Waals surface area (Å²) >= 11 is 0. The van der Waals surface area contributed by atoms with E-state index in [0.29, 0.717) is 24.2 Å². The number of hydrogen-bond donors (Lipinski definition) is 0. The van der Waals surface area contributed by atoms with Crippen LogP contribution in [0.2, 0.25) is 19.6 Å². The summed E-state index contributed by atoms with van der Waals surface area (Å²) in [7, 11) is -2.48. The second-order valence-corrected chi connectivity index (χ2v) is 15.4. The Morgan fingerprint density at radius 3 is 1.18 bits per heavy atom. The van der Waals surface area contributed by atoms with E-state index in [4.69, 9.17) is 0 Å². The van der Waals surface area contributed by atoms with Crippen LogP contribution in [0.25, 0.3) is 5.53 Å². The van der Waals surface area contributed by atoms with E-state index < -0.39 is 16.3 Å². The van der Waals surface area contributed by atoms with Crippen molar-refractivity contribution in [2.75, 3.05) is 0 Å². The Balaban J connectivity index is 6.24. The molecule has 0 aromatic heterocycles. The molecule has 0 bridgehead atoms. The van der Waals surface area contributed by atoms with Crippen molar-refractivity contribution >= 4 is 21.4 Å². The third-order valence-corrected chi connectivity index (χ3v) is 10.8. The lowest BCUT2D eigenvalue weighted by atomic mass is 10.3. The molecule has 0 aliphatic heterocycles. The molecule has 4 nitrogen and oxygen atoms in total. The Kier molecular flexibility index (Phi) is 8.68. The van der Waals surface area contributed by atoms with E-state index in [9.17, 15) is 5.53 Å². The molecule has 0 N–H and O–H groups in total. The zero-order valence-corrected chi connectivity index (χ0v) is 18.4. The first kappa shape index (κ1) is 21.9. The highest BCUT2D eigenvalue weighted by Gasteiger charge is 2.47. The summed E-state index contributed by atoms with van der Waals surface area (Å²) in [4.78, 5) is 3.85. The highest BCUT2D eigenvalue weighted by atomic mass is 31.1. The molecule has 0 amide bonds. The van der Waals surface area contributed by atoms with E-state index >= 15 is 0 Å². The van der Waals surface area contributed by atoms with Crippen LogP contribution >= 0.6 is 8.22 Å². The molecular weight excluding hydrogens is 307 g/mol. The van der Waals surface area contributed by atoms with Crippen LogP contribution in [-0.4, -0.2) is 51.4 Å². The molecule has 0 spiro atoms. The lowest BCUT2D eigenvalue weighted by Crippen LogP contribution is -2.49. The third-order valence-electron chi connectivity index (χ3n) is 3.51. The largest absolute Gasteiger partial charge is 0.362 e. The Morgan fingerprint density at radius 1 is 0.773 bits per heavy atom. The van der Waals surface area contributed by atoms with Gasteiger partial charge in [0, 0.05) is 24.2 Å². The smallest absolute Gasteiger partial charge is 0.284 e. The van der Waals surface area contributed by atoms with Crippen molar-refractivity contribution in [3.05, 3.63) is 5.53 Å². The van der Waals surface area contributed by atoms with Gasteiger partial charge >= 0.3 is 0 Å². The van der Waals surface area contributed by atoms with Gasteiger partial charge in [0.05, 0.1) is 0 Å². The van der Waals surface area contributed by atoms with Gasteiger partial charge in [-0.25, -0.2) is 0 Å². The van der Waals surface area contributed by atoms with Crippen LogP contribution < -0.4 is 0 Å². The summed E-state index contributed by atoms with van der Waals surface area (Å²) in [5.41, 5.74) is 9.84. The molecule has 0 heterocycles. The van der Waals surface area contributed by atoms with Crippen molar-refractivity contribution in [1.29, 1.82) is 0 Å². The fraction of sp³-hybridized carbons (Fsp3) is 0.938. The van der Waals surface area contributed by atoms with Gasteiger partial charge in [-0.15, -0.1) is 0 Å². The Labute approximate surface area is 140 Å². The monoisotopic (exact) mass is 344 g/mol. The summed E-state index contributed by atoms with van der Waals surface area (Å²) in [5, 5.41) is 1.03. The van der Waals surface area contributed by atoms with Crippen molar-refractivity contribution in [3.63, 3.8) is 0 Å². The summed E-state index contributed by atoms with van der Waals surface area (Å²) in [6.07, 6.45) is 0. The van der Waals surface area contributed by atoms with Gasteiger partial charge < -0.3 is 5.53 Å². The first-order valence-corrected chi connectivity index (χ1v) is 13.2. The van der Waals surface area contributed by atoms with Gasteiger partial charge in [-0.3, -0.25) is 9.34 Å². The van der Waals surface area contributed by atoms with Gasteiger partial charge in [0.2, 0.25) is 0 Å².